The Balaban J connectivity index is 3.28. The molecule has 2 nitrogen and oxygen atoms in total. The average Bonchev–Trinajstić information content (AvgIpc) is 2.11. The summed E-state index contributed by atoms with van der Waals surface area (Å²) in [4.78, 5) is -0.369. The molecule has 0 aromatic heterocycles. The van der Waals surface area contributed by atoms with Gasteiger partial charge in [-0.3, -0.25) is 0 Å². The quantitative estimate of drug-likeness (QED) is 0.448. The van der Waals surface area contributed by atoms with Gasteiger partial charge in [0.25, 0.3) is 0 Å². The van der Waals surface area contributed by atoms with Crippen molar-refractivity contribution in [3.63, 3.8) is 0 Å². The molecule has 0 heterocycles. The van der Waals surface area contributed by atoms with Gasteiger partial charge in [0, 0.05) is 10.0 Å². The van der Waals surface area contributed by atoms with Crippen LogP contribution >= 0.6 is 15.9 Å². The third kappa shape index (κ3) is 5.02. The standard InChI is InChI=1S/C11H12BrFO2SSi/c1-17(2,3)5-4-9-6-10(12)8-11(7-9)16(13,14)15/h6-8H,1-3H3. The van der Waals surface area contributed by atoms with Crippen LogP contribution in [0.4, 0.5) is 3.89 Å². The maximum Gasteiger partial charge on any atom is 0.332 e. The van der Waals surface area contributed by atoms with E-state index in [0.29, 0.717) is 10.0 Å². The first-order chi connectivity index (χ1) is 7.58. The van der Waals surface area contributed by atoms with E-state index < -0.39 is 18.3 Å². The van der Waals surface area contributed by atoms with Crippen molar-refractivity contribution in [1.82, 2.24) is 0 Å². The van der Waals surface area contributed by atoms with Crippen LogP contribution in [0.15, 0.2) is 27.6 Å². The zero-order valence-electron chi connectivity index (χ0n) is 9.71. The van der Waals surface area contributed by atoms with Crippen LogP contribution in [-0.2, 0) is 10.2 Å². The third-order valence-electron chi connectivity index (χ3n) is 1.73. The fourth-order valence-corrected chi connectivity index (χ4v) is 2.73. The first kappa shape index (κ1) is 14.4. The Hall–Kier alpha value is -0.643. The molecule has 0 aliphatic carbocycles. The number of halogens is 2. The Morgan fingerprint density at radius 1 is 1.24 bits per heavy atom. The molecule has 0 saturated carbocycles. The van der Waals surface area contributed by atoms with Gasteiger partial charge in [0.15, 0.2) is 0 Å². The second-order valence-corrected chi connectivity index (χ2v) is 11.6. The van der Waals surface area contributed by atoms with E-state index in [1.807, 2.05) is 0 Å². The number of rotatable bonds is 1. The van der Waals surface area contributed by atoms with Crippen molar-refractivity contribution in [1.29, 1.82) is 0 Å². The molecule has 92 valence electrons. The summed E-state index contributed by atoms with van der Waals surface area (Å²) in [5.74, 6) is 2.89. The highest BCUT2D eigenvalue weighted by Gasteiger charge is 2.13. The van der Waals surface area contributed by atoms with Crippen LogP contribution in [-0.4, -0.2) is 16.5 Å². The summed E-state index contributed by atoms with van der Waals surface area (Å²) in [6, 6.07) is 4.13. The molecule has 0 spiro atoms. The van der Waals surface area contributed by atoms with Gasteiger partial charge in [0.05, 0.1) is 0 Å². The highest BCUT2D eigenvalue weighted by atomic mass is 79.9. The largest absolute Gasteiger partial charge is 0.332 e. The predicted molar refractivity (Wildman–Crippen MR) is 72.7 cm³/mol. The summed E-state index contributed by atoms with van der Waals surface area (Å²) >= 11 is 3.14. The summed E-state index contributed by atoms with van der Waals surface area (Å²) in [5.41, 5.74) is 3.59. The average molecular weight is 335 g/mol. The lowest BCUT2D eigenvalue weighted by molar-refractivity contribution is 0.552. The molecule has 0 atom stereocenters. The van der Waals surface area contributed by atoms with E-state index in [1.54, 1.807) is 6.07 Å². The van der Waals surface area contributed by atoms with E-state index >= 15 is 0 Å². The fourth-order valence-electron chi connectivity index (χ4n) is 1.04. The van der Waals surface area contributed by atoms with Crippen LogP contribution in [0, 0.1) is 11.5 Å². The molecule has 0 aliphatic heterocycles. The highest BCUT2D eigenvalue weighted by Crippen LogP contribution is 2.20. The Labute approximate surface area is 111 Å². The lowest BCUT2D eigenvalue weighted by Gasteiger charge is -2.04. The molecule has 0 aliphatic rings. The van der Waals surface area contributed by atoms with Crippen molar-refractivity contribution < 1.29 is 12.3 Å². The minimum absolute atomic E-state index is 0.369. The van der Waals surface area contributed by atoms with E-state index in [1.165, 1.54) is 12.1 Å². The molecule has 6 heteroatoms. The van der Waals surface area contributed by atoms with Crippen LogP contribution in [0.3, 0.4) is 0 Å². The monoisotopic (exact) mass is 334 g/mol. The molecule has 17 heavy (non-hydrogen) atoms. The molecule has 0 unspecified atom stereocenters. The van der Waals surface area contributed by atoms with Gasteiger partial charge in [-0.2, -0.15) is 8.42 Å². The van der Waals surface area contributed by atoms with Gasteiger partial charge in [-0.25, -0.2) is 0 Å². The first-order valence-corrected chi connectivity index (χ1v) is 10.5. The first-order valence-electron chi connectivity index (χ1n) is 4.86. The molecule has 0 fully saturated rings. The van der Waals surface area contributed by atoms with Crippen molar-refractivity contribution in [2.45, 2.75) is 24.5 Å². The molecule has 1 rings (SSSR count). The maximum atomic E-state index is 12.9. The zero-order chi connectivity index (χ0) is 13.3. The SMILES string of the molecule is C[Si](C)(C)C#Cc1cc(Br)cc(S(=O)(=O)F)c1. The topological polar surface area (TPSA) is 34.1 Å². The van der Waals surface area contributed by atoms with Crippen LogP contribution in [0.5, 0.6) is 0 Å². The summed E-state index contributed by atoms with van der Waals surface area (Å²) in [6.07, 6.45) is 0. The van der Waals surface area contributed by atoms with Crippen molar-refractivity contribution in [2.75, 3.05) is 0 Å². The van der Waals surface area contributed by atoms with Gasteiger partial charge in [-0.05, 0) is 18.2 Å². The van der Waals surface area contributed by atoms with E-state index in [2.05, 4.69) is 47.0 Å². The molecule has 0 radical (unpaired) electrons. The lowest BCUT2D eigenvalue weighted by atomic mass is 10.2. The predicted octanol–water partition coefficient (Wildman–Crippen LogP) is 3.34. The van der Waals surface area contributed by atoms with Gasteiger partial charge in [0.1, 0.15) is 13.0 Å². The molecule has 1 aromatic rings. The van der Waals surface area contributed by atoms with Crippen molar-refractivity contribution in [2.24, 2.45) is 0 Å². The van der Waals surface area contributed by atoms with Crippen LogP contribution in [0.1, 0.15) is 5.56 Å². The maximum absolute atomic E-state index is 12.9. The number of hydrogen-bond acceptors (Lipinski definition) is 2. The van der Waals surface area contributed by atoms with E-state index in [-0.39, 0.29) is 4.90 Å². The third-order valence-corrected chi connectivity index (χ3v) is 3.87. The summed E-state index contributed by atoms with van der Waals surface area (Å²) < 4.78 is 35.0. The van der Waals surface area contributed by atoms with Crippen molar-refractivity contribution in [3.05, 3.63) is 28.2 Å². The fraction of sp³-hybridized carbons (Fsp3) is 0.273. The molecular weight excluding hydrogens is 323 g/mol. The van der Waals surface area contributed by atoms with Gasteiger partial charge < -0.3 is 0 Å². The molecule has 0 N–H and O–H groups in total. The van der Waals surface area contributed by atoms with E-state index in [4.69, 9.17) is 0 Å². The normalized spacial score (nSPS) is 11.8. The van der Waals surface area contributed by atoms with Crippen LogP contribution < -0.4 is 0 Å². The van der Waals surface area contributed by atoms with Gasteiger partial charge >= 0.3 is 10.2 Å². The Kier molecular flexibility index (Phi) is 4.18. The molecule has 0 amide bonds. The van der Waals surface area contributed by atoms with Crippen LogP contribution in [0.2, 0.25) is 19.6 Å². The van der Waals surface area contributed by atoms with Gasteiger partial charge in [-0.15, -0.1) is 9.43 Å². The van der Waals surface area contributed by atoms with E-state index in [9.17, 15) is 12.3 Å². The lowest BCUT2D eigenvalue weighted by Crippen LogP contribution is -2.16. The molecule has 0 saturated heterocycles. The highest BCUT2D eigenvalue weighted by molar-refractivity contribution is 9.10. The minimum Gasteiger partial charge on any atom is -0.189 e. The summed E-state index contributed by atoms with van der Waals surface area (Å²) in [5, 5.41) is 0. The Morgan fingerprint density at radius 3 is 2.29 bits per heavy atom. The van der Waals surface area contributed by atoms with Crippen molar-refractivity contribution >= 4 is 34.2 Å². The molecular formula is C11H12BrFO2SSi. The second kappa shape index (κ2) is 4.92. The minimum atomic E-state index is -4.69. The molecule has 1 aromatic carbocycles. The Morgan fingerprint density at radius 2 is 1.82 bits per heavy atom. The number of hydrogen-bond donors (Lipinski definition) is 0. The summed E-state index contributed by atoms with van der Waals surface area (Å²) in [7, 11) is -6.23. The van der Waals surface area contributed by atoms with Gasteiger partial charge in [0.2, 0.25) is 0 Å². The summed E-state index contributed by atoms with van der Waals surface area (Å²) in [6.45, 7) is 6.22. The number of benzene rings is 1. The molecule has 0 bridgehead atoms. The smallest absolute Gasteiger partial charge is 0.189 e. The van der Waals surface area contributed by atoms with Crippen molar-refractivity contribution in [3.8, 4) is 11.5 Å². The van der Waals surface area contributed by atoms with Gasteiger partial charge in [-0.1, -0.05) is 41.5 Å². The van der Waals surface area contributed by atoms with Crippen LogP contribution in [0.25, 0.3) is 0 Å². The second-order valence-electron chi connectivity index (χ2n) is 4.61. The van der Waals surface area contributed by atoms with E-state index in [0.717, 1.165) is 0 Å². The zero-order valence-corrected chi connectivity index (χ0v) is 13.1. The Bertz CT molecular complexity index is 594.